The molecular weight excluding hydrogens is 273 g/mol. The summed E-state index contributed by atoms with van der Waals surface area (Å²) in [6.45, 7) is 5.68. The number of rotatable bonds is 8. The molecule has 2 N–H and O–H groups in total. The van der Waals surface area contributed by atoms with Crippen LogP contribution in [-0.4, -0.2) is 29.3 Å². The Bertz CT molecular complexity index is 461. The van der Waals surface area contributed by atoms with Gasteiger partial charge in [-0.1, -0.05) is 32.9 Å². The van der Waals surface area contributed by atoms with Crippen LogP contribution in [-0.2, 0) is 4.79 Å². The minimum absolute atomic E-state index is 0.0562. The summed E-state index contributed by atoms with van der Waals surface area (Å²) < 4.78 is 19.0. The van der Waals surface area contributed by atoms with E-state index in [0.717, 1.165) is 0 Å². The lowest BCUT2D eigenvalue weighted by molar-refractivity contribution is -0.129. The van der Waals surface area contributed by atoms with E-state index < -0.39 is 17.5 Å². The molecule has 0 aliphatic rings. The van der Waals surface area contributed by atoms with Crippen molar-refractivity contribution >= 4 is 5.91 Å². The monoisotopic (exact) mass is 297 g/mol. The second kappa shape index (κ2) is 7.98. The van der Waals surface area contributed by atoms with Crippen LogP contribution in [0.4, 0.5) is 4.39 Å². The summed E-state index contributed by atoms with van der Waals surface area (Å²) in [5.41, 5.74) is -0.911. The van der Waals surface area contributed by atoms with Crippen LogP contribution in [0.2, 0.25) is 0 Å². The van der Waals surface area contributed by atoms with E-state index in [-0.39, 0.29) is 18.2 Å². The third-order valence-electron chi connectivity index (χ3n) is 3.68. The van der Waals surface area contributed by atoms with Crippen LogP contribution in [0.3, 0.4) is 0 Å². The second-order valence-corrected chi connectivity index (χ2v) is 5.09. The molecule has 0 heterocycles. The molecule has 21 heavy (non-hydrogen) atoms. The van der Waals surface area contributed by atoms with E-state index >= 15 is 0 Å². The van der Waals surface area contributed by atoms with Crippen molar-refractivity contribution in [3.8, 4) is 5.75 Å². The number of para-hydroxylation sites is 1. The van der Waals surface area contributed by atoms with Crippen molar-refractivity contribution in [2.45, 2.75) is 51.7 Å². The summed E-state index contributed by atoms with van der Waals surface area (Å²) in [5.74, 6) is -0.788. The number of carbonyl (C=O) groups is 1. The molecule has 118 valence electrons. The molecule has 1 rings (SSSR count). The van der Waals surface area contributed by atoms with Crippen LogP contribution < -0.4 is 10.1 Å². The summed E-state index contributed by atoms with van der Waals surface area (Å²) in [6, 6.07) is 5.98. The molecular formula is C16H24FNO3. The highest BCUT2D eigenvalue weighted by Crippen LogP contribution is 2.18. The van der Waals surface area contributed by atoms with Crippen molar-refractivity contribution in [3.05, 3.63) is 30.1 Å². The molecule has 0 radical (unpaired) electrons. The first-order chi connectivity index (χ1) is 9.95. The van der Waals surface area contributed by atoms with Gasteiger partial charge in [0.25, 0.3) is 5.91 Å². The molecule has 5 heteroatoms. The fourth-order valence-corrected chi connectivity index (χ4v) is 1.88. The zero-order valence-electron chi connectivity index (χ0n) is 12.9. The van der Waals surface area contributed by atoms with Gasteiger partial charge in [-0.25, -0.2) is 4.39 Å². The van der Waals surface area contributed by atoms with Gasteiger partial charge in [-0.05, 0) is 31.4 Å². The van der Waals surface area contributed by atoms with Gasteiger partial charge in [-0.2, -0.15) is 0 Å². The fraction of sp³-hybridized carbons (Fsp3) is 0.562. The standard InChI is InChI=1S/C16H24FNO3/c1-4-13(21-14-10-8-7-9-12(14)17)15(19)18-11-16(20,5-2)6-3/h7-10,13,20H,4-6,11H2,1-3H3,(H,18,19). The number of hydrogen-bond acceptors (Lipinski definition) is 3. The molecule has 1 aromatic carbocycles. The molecule has 0 spiro atoms. The molecule has 0 aliphatic heterocycles. The SMILES string of the molecule is CCC(Oc1ccccc1F)C(=O)NCC(O)(CC)CC. The Morgan fingerprint density at radius 2 is 1.95 bits per heavy atom. The molecule has 1 amide bonds. The van der Waals surface area contributed by atoms with Crippen molar-refractivity contribution in [3.63, 3.8) is 0 Å². The molecule has 1 unspecified atom stereocenters. The normalized spacial score (nSPS) is 12.8. The number of nitrogens with one attached hydrogen (secondary N) is 1. The van der Waals surface area contributed by atoms with E-state index in [1.54, 1.807) is 19.1 Å². The number of halogens is 1. The number of benzene rings is 1. The first-order valence-corrected chi connectivity index (χ1v) is 7.37. The molecule has 1 atom stereocenters. The Hall–Kier alpha value is -1.62. The fourth-order valence-electron chi connectivity index (χ4n) is 1.88. The highest BCUT2D eigenvalue weighted by Gasteiger charge is 2.26. The van der Waals surface area contributed by atoms with Crippen molar-refractivity contribution in [1.82, 2.24) is 5.32 Å². The van der Waals surface area contributed by atoms with Crippen molar-refractivity contribution in [2.24, 2.45) is 0 Å². The third-order valence-corrected chi connectivity index (χ3v) is 3.68. The van der Waals surface area contributed by atoms with Gasteiger partial charge in [-0.15, -0.1) is 0 Å². The number of carbonyl (C=O) groups excluding carboxylic acids is 1. The Kier molecular flexibility index (Phi) is 6.62. The average Bonchev–Trinajstić information content (AvgIpc) is 2.51. The van der Waals surface area contributed by atoms with Crippen molar-refractivity contribution in [2.75, 3.05) is 6.54 Å². The summed E-state index contributed by atoms with van der Waals surface area (Å²) in [5, 5.41) is 12.8. The van der Waals surface area contributed by atoms with Gasteiger partial charge in [0, 0.05) is 6.54 Å². The topological polar surface area (TPSA) is 58.6 Å². The van der Waals surface area contributed by atoms with Crippen LogP contribution in [0.1, 0.15) is 40.0 Å². The average molecular weight is 297 g/mol. The summed E-state index contributed by atoms with van der Waals surface area (Å²) in [7, 11) is 0. The predicted molar refractivity (Wildman–Crippen MR) is 79.6 cm³/mol. The lowest BCUT2D eigenvalue weighted by atomic mass is 9.97. The van der Waals surface area contributed by atoms with Gasteiger partial charge >= 0.3 is 0 Å². The van der Waals surface area contributed by atoms with E-state index in [9.17, 15) is 14.3 Å². The Morgan fingerprint density at radius 1 is 1.33 bits per heavy atom. The van der Waals surface area contributed by atoms with Gasteiger partial charge in [0.15, 0.2) is 17.7 Å². The molecule has 0 aromatic heterocycles. The highest BCUT2D eigenvalue weighted by molar-refractivity contribution is 5.81. The van der Waals surface area contributed by atoms with Crippen LogP contribution in [0.5, 0.6) is 5.75 Å². The largest absolute Gasteiger partial charge is 0.478 e. The van der Waals surface area contributed by atoms with Gasteiger partial charge in [-0.3, -0.25) is 4.79 Å². The zero-order valence-corrected chi connectivity index (χ0v) is 12.9. The predicted octanol–water partition coefficient (Wildman–Crippen LogP) is 2.65. The number of ether oxygens (including phenoxy) is 1. The Balaban J connectivity index is 2.64. The van der Waals surface area contributed by atoms with Gasteiger partial charge in [0.2, 0.25) is 0 Å². The van der Waals surface area contributed by atoms with Crippen molar-refractivity contribution < 1.29 is 19.0 Å². The minimum Gasteiger partial charge on any atom is -0.478 e. The molecule has 0 saturated carbocycles. The third kappa shape index (κ3) is 5.01. The Morgan fingerprint density at radius 3 is 2.48 bits per heavy atom. The molecule has 0 fully saturated rings. The highest BCUT2D eigenvalue weighted by atomic mass is 19.1. The maximum Gasteiger partial charge on any atom is 0.261 e. The number of hydrogen-bond donors (Lipinski definition) is 2. The van der Waals surface area contributed by atoms with Crippen LogP contribution in [0, 0.1) is 5.82 Å². The van der Waals surface area contributed by atoms with Gasteiger partial charge in [0.05, 0.1) is 5.60 Å². The van der Waals surface area contributed by atoms with E-state index in [1.807, 2.05) is 13.8 Å². The molecule has 0 aliphatic carbocycles. The maximum absolute atomic E-state index is 13.5. The summed E-state index contributed by atoms with van der Waals surface area (Å²) >= 11 is 0. The molecule has 0 saturated heterocycles. The first-order valence-electron chi connectivity index (χ1n) is 7.37. The van der Waals surface area contributed by atoms with Crippen molar-refractivity contribution in [1.29, 1.82) is 0 Å². The second-order valence-electron chi connectivity index (χ2n) is 5.09. The van der Waals surface area contributed by atoms with E-state index in [0.29, 0.717) is 19.3 Å². The van der Waals surface area contributed by atoms with Crippen LogP contribution in [0.25, 0.3) is 0 Å². The molecule has 4 nitrogen and oxygen atoms in total. The summed E-state index contributed by atoms with van der Waals surface area (Å²) in [6.07, 6.45) is 0.736. The molecule has 1 aromatic rings. The first kappa shape index (κ1) is 17.4. The quantitative estimate of drug-likeness (QED) is 0.775. The van der Waals surface area contributed by atoms with Crippen LogP contribution in [0.15, 0.2) is 24.3 Å². The van der Waals surface area contributed by atoms with Gasteiger partial charge < -0.3 is 15.2 Å². The lowest BCUT2D eigenvalue weighted by Gasteiger charge is -2.26. The smallest absolute Gasteiger partial charge is 0.261 e. The van der Waals surface area contributed by atoms with E-state index in [1.165, 1.54) is 12.1 Å². The number of amides is 1. The van der Waals surface area contributed by atoms with E-state index in [4.69, 9.17) is 4.74 Å². The summed E-state index contributed by atoms with van der Waals surface area (Å²) in [4.78, 5) is 12.1. The maximum atomic E-state index is 13.5. The van der Waals surface area contributed by atoms with E-state index in [2.05, 4.69) is 5.32 Å². The number of aliphatic hydroxyl groups is 1. The Labute approximate surface area is 125 Å². The zero-order chi connectivity index (χ0) is 15.9. The lowest BCUT2D eigenvalue weighted by Crippen LogP contribution is -2.46. The molecule has 0 bridgehead atoms. The van der Waals surface area contributed by atoms with Crippen LogP contribution >= 0.6 is 0 Å². The van der Waals surface area contributed by atoms with Gasteiger partial charge in [0.1, 0.15) is 0 Å². The minimum atomic E-state index is -0.911.